The first-order valence-corrected chi connectivity index (χ1v) is 11.4. The number of alkyl halides is 9. The van der Waals surface area contributed by atoms with Crippen LogP contribution >= 0.6 is 10.3 Å². The van der Waals surface area contributed by atoms with Crippen molar-refractivity contribution in [2.75, 3.05) is 17.8 Å². The van der Waals surface area contributed by atoms with E-state index >= 15 is 0 Å². The molecule has 1 aromatic rings. The summed E-state index contributed by atoms with van der Waals surface area (Å²) in [6.45, 7) is 1.13. The Morgan fingerprint density at radius 1 is 0.900 bits per heavy atom. The van der Waals surface area contributed by atoms with E-state index in [9.17, 15) is 52.7 Å². The summed E-state index contributed by atoms with van der Waals surface area (Å²) in [6, 6.07) is 6.83. The standard InChI is InChI=1S/C15H15F9O4S2/c1-3-29(2,9-11(25)10-7-5-4-6-8-10)28-30(26,27)15(23,24)13(18,19)12(16,17)14(20,21)22/h4-8H,3,9H2,1-2H3. The summed E-state index contributed by atoms with van der Waals surface area (Å²) >= 11 is 0. The first-order valence-electron chi connectivity index (χ1n) is 7.73. The lowest BCUT2D eigenvalue weighted by Crippen LogP contribution is -2.63. The highest BCUT2D eigenvalue weighted by molar-refractivity contribution is 8.33. The molecule has 0 aliphatic carbocycles. The van der Waals surface area contributed by atoms with Crippen LogP contribution in [0.1, 0.15) is 17.3 Å². The highest BCUT2D eigenvalue weighted by Crippen LogP contribution is 2.57. The molecule has 0 heterocycles. The molecular formula is C15H15F9O4S2. The van der Waals surface area contributed by atoms with Gasteiger partial charge in [0.15, 0.2) is 5.78 Å². The second-order valence-corrected chi connectivity index (χ2v) is 11.3. The van der Waals surface area contributed by atoms with Crippen molar-refractivity contribution in [1.82, 2.24) is 0 Å². The normalized spacial score (nSPS) is 17.3. The fraction of sp³-hybridized carbons (Fsp3) is 0.533. The zero-order valence-electron chi connectivity index (χ0n) is 15.2. The fourth-order valence-corrected chi connectivity index (χ4v) is 5.95. The number of Topliss-reactive ketones (excluding diaryl/α,β-unsaturated/α-hetero) is 1. The predicted octanol–water partition coefficient (Wildman–Crippen LogP) is 5.01. The van der Waals surface area contributed by atoms with Gasteiger partial charge in [-0.25, -0.2) is 3.63 Å². The van der Waals surface area contributed by atoms with Crippen LogP contribution in [0.25, 0.3) is 0 Å². The van der Waals surface area contributed by atoms with Crippen LogP contribution in [0.5, 0.6) is 0 Å². The van der Waals surface area contributed by atoms with Gasteiger partial charge < -0.3 is 0 Å². The van der Waals surface area contributed by atoms with Gasteiger partial charge in [0.2, 0.25) is 0 Å². The number of ketones is 1. The van der Waals surface area contributed by atoms with Crippen LogP contribution < -0.4 is 0 Å². The molecule has 174 valence electrons. The monoisotopic (exact) mass is 494 g/mol. The summed E-state index contributed by atoms with van der Waals surface area (Å²) in [7, 11) is -10.5. The van der Waals surface area contributed by atoms with Gasteiger partial charge in [-0.15, -0.1) is 10.3 Å². The number of carbonyl (C=O) groups is 1. The quantitative estimate of drug-likeness (QED) is 0.358. The number of carbonyl (C=O) groups excluding carboxylic acids is 1. The van der Waals surface area contributed by atoms with Gasteiger partial charge in [-0.05, 0) is 12.0 Å². The van der Waals surface area contributed by atoms with Crippen molar-refractivity contribution in [2.45, 2.75) is 30.2 Å². The molecule has 0 aromatic heterocycles. The van der Waals surface area contributed by atoms with Gasteiger partial charge in [0.1, 0.15) is 0 Å². The summed E-state index contributed by atoms with van der Waals surface area (Å²) in [5.41, 5.74) is -0.0219. The van der Waals surface area contributed by atoms with E-state index in [4.69, 9.17) is 0 Å². The van der Waals surface area contributed by atoms with Crippen LogP contribution in [0.15, 0.2) is 30.3 Å². The molecule has 4 nitrogen and oxygen atoms in total. The van der Waals surface area contributed by atoms with Crippen molar-refractivity contribution in [2.24, 2.45) is 0 Å². The third kappa shape index (κ3) is 4.72. The first-order chi connectivity index (χ1) is 13.3. The summed E-state index contributed by atoms with van der Waals surface area (Å²) < 4.78 is 144. The molecule has 1 rings (SSSR count). The number of rotatable bonds is 9. The Labute approximate surface area is 167 Å². The molecule has 0 saturated heterocycles. The molecule has 0 fully saturated rings. The van der Waals surface area contributed by atoms with Gasteiger partial charge in [-0.1, -0.05) is 37.3 Å². The lowest BCUT2D eigenvalue weighted by Gasteiger charge is -2.37. The van der Waals surface area contributed by atoms with E-state index in [-0.39, 0.29) is 5.56 Å². The third-order valence-corrected chi connectivity index (χ3v) is 8.84. The van der Waals surface area contributed by atoms with Gasteiger partial charge in [0.05, 0.1) is 5.75 Å². The Morgan fingerprint density at radius 2 is 1.37 bits per heavy atom. The Kier molecular flexibility index (Phi) is 7.28. The molecule has 0 aliphatic rings. The van der Waals surface area contributed by atoms with Crippen LogP contribution in [-0.4, -0.2) is 55.2 Å². The highest BCUT2D eigenvalue weighted by Gasteiger charge is 2.86. The second-order valence-electron chi connectivity index (χ2n) is 6.09. The summed E-state index contributed by atoms with van der Waals surface area (Å²) in [6.07, 6.45) is -6.37. The number of halogens is 9. The average molecular weight is 494 g/mol. The van der Waals surface area contributed by atoms with Gasteiger partial charge in [0, 0.05) is 5.56 Å². The maximum atomic E-state index is 13.8. The molecule has 1 unspecified atom stereocenters. The van der Waals surface area contributed by atoms with E-state index < -0.39 is 61.0 Å². The summed E-state index contributed by atoms with van der Waals surface area (Å²) in [5.74, 6) is -17.0. The summed E-state index contributed by atoms with van der Waals surface area (Å²) in [4.78, 5) is 12.2. The fourth-order valence-electron chi connectivity index (χ4n) is 1.94. The van der Waals surface area contributed by atoms with E-state index in [1.54, 1.807) is 0 Å². The lowest BCUT2D eigenvalue weighted by atomic mass is 10.1. The molecule has 30 heavy (non-hydrogen) atoms. The topological polar surface area (TPSA) is 60.4 Å². The molecule has 0 aliphatic heterocycles. The number of hydrogen-bond acceptors (Lipinski definition) is 4. The minimum absolute atomic E-state index is 0.0219. The zero-order valence-corrected chi connectivity index (χ0v) is 16.8. The Bertz CT molecular complexity index is 870. The predicted molar refractivity (Wildman–Crippen MR) is 90.6 cm³/mol. The molecule has 15 heteroatoms. The largest absolute Gasteiger partial charge is 0.460 e. The van der Waals surface area contributed by atoms with E-state index in [0.29, 0.717) is 0 Å². The highest BCUT2D eigenvalue weighted by atomic mass is 32.3. The van der Waals surface area contributed by atoms with E-state index in [1.165, 1.54) is 30.3 Å². The van der Waals surface area contributed by atoms with Crippen LogP contribution in [0.4, 0.5) is 39.5 Å². The minimum Gasteiger partial charge on any atom is -0.293 e. The molecule has 0 N–H and O–H groups in total. The van der Waals surface area contributed by atoms with Crippen molar-refractivity contribution in [1.29, 1.82) is 0 Å². The summed E-state index contributed by atoms with van der Waals surface area (Å²) in [5, 5.41) is -6.96. The smallest absolute Gasteiger partial charge is 0.293 e. The Balaban J connectivity index is 3.29. The molecule has 0 radical (unpaired) electrons. The number of benzene rings is 1. The molecule has 1 aromatic carbocycles. The van der Waals surface area contributed by atoms with Gasteiger partial charge in [0.25, 0.3) is 0 Å². The first kappa shape index (κ1) is 26.6. The third-order valence-electron chi connectivity index (χ3n) is 3.83. The molecule has 0 bridgehead atoms. The maximum Gasteiger partial charge on any atom is 0.460 e. The molecule has 0 amide bonds. The van der Waals surface area contributed by atoms with Crippen molar-refractivity contribution < 1.29 is 56.4 Å². The molecule has 1 atom stereocenters. The number of hydrogen-bond donors (Lipinski definition) is 0. The van der Waals surface area contributed by atoms with E-state index in [2.05, 4.69) is 3.63 Å². The van der Waals surface area contributed by atoms with Crippen molar-refractivity contribution in [3.8, 4) is 0 Å². The zero-order chi connectivity index (χ0) is 23.8. The van der Waals surface area contributed by atoms with Gasteiger partial charge in [-0.3, -0.25) is 4.79 Å². The van der Waals surface area contributed by atoms with Crippen molar-refractivity contribution >= 4 is 26.2 Å². The Hall–Kier alpha value is -1.48. The van der Waals surface area contributed by atoms with Crippen molar-refractivity contribution in [3.05, 3.63) is 35.9 Å². The van der Waals surface area contributed by atoms with Crippen molar-refractivity contribution in [3.63, 3.8) is 0 Å². The second kappa shape index (κ2) is 8.22. The minimum atomic E-state index is -7.39. The molecular weight excluding hydrogens is 479 g/mol. The van der Waals surface area contributed by atoms with Crippen LogP contribution in [0.2, 0.25) is 0 Å². The SMILES string of the molecule is CCS(C)(CC(=O)c1ccccc1)OS(=O)(=O)C(F)(F)C(F)(F)C(F)(F)C(F)(F)F. The lowest BCUT2D eigenvalue weighted by molar-refractivity contribution is -0.382. The van der Waals surface area contributed by atoms with Crippen LogP contribution in [0, 0.1) is 0 Å². The van der Waals surface area contributed by atoms with Gasteiger partial charge >= 0.3 is 33.4 Å². The maximum absolute atomic E-state index is 13.8. The van der Waals surface area contributed by atoms with Crippen LogP contribution in [0.3, 0.4) is 0 Å². The van der Waals surface area contributed by atoms with E-state index in [0.717, 1.165) is 13.2 Å². The molecule has 0 spiro atoms. The van der Waals surface area contributed by atoms with E-state index in [1.807, 2.05) is 0 Å². The van der Waals surface area contributed by atoms with Crippen LogP contribution in [-0.2, 0) is 13.7 Å². The van der Waals surface area contributed by atoms with Gasteiger partial charge in [-0.2, -0.15) is 47.9 Å². The molecule has 0 saturated carbocycles. The Morgan fingerprint density at radius 3 is 1.77 bits per heavy atom. The average Bonchev–Trinajstić information content (AvgIpc) is 2.60.